The molecule has 0 aliphatic heterocycles. The van der Waals surface area contributed by atoms with Crippen molar-refractivity contribution in [2.45, 2.75) is 6.54 Å². The van der Waals surface area contributed by atoms with Crippen LogP contribution in [0, 0.1) is 20.2 Å². The molecule has 0 amide bonds. The molecule has 122 valence electrons. The van der Waals surface area contributed by atoms with Gasteiger partial charge in [-0.3, -0.25) is 20.2 Å². The van der Waals surface area contributed by atoms with Crippen molar-refractivity contribution in [1.29, 1.82) is 0 Å². The monoisotopic (exact) mass is 328 g/mol. The average Bonchev–Trinajstić information content (AvgIpc) is 2.93. The van der Waals surface area contributed by atoms with Crippen molar-refractivity contribution < 1.29 is 15.0 Å². The second kappa shape index (κ2) is 6.05. The third kappa shape index (κ3) is 2.68. The SMILES string of the molecule is O=[N+]([O-])c1ccc(-c2nc3cc([N+](=O)[O-])ccc3n2CCO)cc1. The minimum absolute atomic E-state index is 0.0424. The van der Waals surface area contributed by atoms with Crippen molar-refractivity contribution >= 4 is 22.4 Å². The van der Waals surface area contributed by atoms with Crippen LogP contribution in [0.2, 0.25) is 0 Å². The zero-order chi connectivity index (χ0) is 17.3. The predicted octanol–water partition coefficient (Wildman–Crippen LogP) is 2.51. The highest BCUT2D eigenvalue weighted by Crippen LogP contribution is 2.28. The second-order valence-corrected chi connectivity index (χ2v) is 5.04. The van der Waals surface area contributed by atoms with E-state index in [1.165, 1.54) is 24.3 Å². The molecule has 0 spiro atoms. The molecule has 1 aromatic heterocycles. The van der Waals surface area contributed by atoms with Crippen LogP contribution in [0.5, 0.6) is 0 Å². The third-order valence-corrected chi connectivity index (χ3v) is 3.60. The van der Waals surface area contributed by atoms with Crippen LogP contribution in [0.4, 0.5) is 11.4 Å². The number of nitro benzene ring substituents is 2. The maximum Gasteiger partial charge on any atom is 0.271 e. The summed E-state index contributed by atoms with van der Waals surface area (Å²) in [4.78, 5) is 25.0. The smallest absolute Gasteiger partial charge is 0.271 e. The van der Waals surface area contributed by atoms with Gasteiger partial charge in [0.2, 0.25) is 0 Å². The first kappa shape index (κ1) is 15.6. The number of benzene rings is 2. The Labute approximate surface area is 135 Å². The third-order valence-electron chi connectivity index (χ3n) is 3.60. The van der Waals surface area contributed by atoms with Crippen molar-refractivity contribution in [3.05, 3.63) is 62.7 Å². The highest BCUT2D eigenvalue weighted by molar-refractivity contribution is 5.82. The van der Waals surface area contributed by atoms with Gasteiger partial charge in [0.05, 0.1) is 27.5 Å². The van der Waals surface area contributed by atoms with E-state index in [2.05, 4.69) is 4.98 Å². The number of rotatable bonds is 5. The van der Waals surface area contributed by atoms with Gasteiger partial charge >= 0.3 is 0 Å². The number of imidazole rings is 1. The molecule has 0 saturated heterocycles. The molecule has 2 aromatic carbocycles. The fraction of sp³-hybridized carbons (Fsp3) is 0.133. The lowest BCUT2D eigenvalue weighted by molar-refractivity contribution is -0.385. The average molecular weight is 328 g/mol. The summed E-state index contributed by atoms with van der Waals surface area (Å²) in [5, 5.41) is 30.9. The minimum Gasteiger partial charge on any atom is -0.395 e. The van der Waals surface area contributed by atoms with Gasteiger partial charge in [0.25, 0.3) is 11.4 Å². The first-order valence-corrected chi connectivity index (χ1v) is 7.01. The zero-order valence-electron chi connectivity index (χ0n) is 12.3. The Hall–Kier alpha value is -3.33. The molecule has 1 heterocycles. The Morgan fingerprint density at radius 1 is 1.00 bits per heavy atom. The van der Waals surface area contributed by atoms with Crippen molar-refractivity contribution in [1.82, 2.24) is 9.55 Å². The Bertz CT molecular complexity index is 933. The number of hydrogen-bond acceptors (Lipinski definition) is 6. The molecule has 0 fully saturated rings. The van der Waals surface area contributed by atoms with Crippen LogP contribution in [0.3, 0.4) is 0 Å². The molecule has 0 atom stereocenters. The Morgan fingerprint density at radius 3 is 2.21 bits per heavy atom. The second-order valence-electron chi connectivity index (χ2n) is 5.04. The van der Waals surface area contributed by atoms with Crippen LogP contribution < -0.4 is 0 Å². The topological polar surface area (TPSA) is 124 Å². The lowest BCUT2D eigenvalue weighted by atomic mass is 10.2. The quantitative estimate of drug-likeness (QED) is 0.566. The van der Waals surface area contributed by atoms with E-state index in [0.29, 0.717) is 22.4 Å². The van der Waals surface area contributed by atoms with E-state index in [4.69, 9.17) is 0 Å². The number of fused-ring (bicyclic) bond motifs is 1. The highest BCUT2D eigenvalue weighted by Gasteiger charge is 2.16. The van der Waals surface area contributed by atoms with Crippen molar-refractivity contribution in [2.24, 2.45) is 0 Å². The van der Waals surface area contributed by atoms with E-state index >= 15 is 0 Å². The van der Waals surface area contributed by atoms with Gasteiger partial charge in [0.15, 0.2) is 0 Å². The van der Waals surface area contributed by atoms with E-state index in [1.807, 2.05) is 0 Å². The summed E-state index contributed by atoms with van der Waals surface area (Å²) in [7, 11) is 0. The standard InChI is InChI=1S/C15H12N4O5/c20-8-7-17-14-6-5-12(19(23)24)9-13(14)16-15(17)10-1-3-11(4-2-10)18(21)22/h1-6,9,20H,7-8H2. The molecular formula is C15H12N4O5. The normalized spacial score (nSPS) is 10.9. The van der Waals surface area contributed by atoms with Gasteiger partial charge in [-0.2, -0.15) is 0 Å². The molecule has 0 aliphatic carbocycles. The molecule has 9 nitrogen and oxygen atoms in total. The molecule has 9 heteroatoms. The van der Waals surface area contributed by atoms with E-state index in [1.54, 1.807) is 22.8 Å². The summed E-state index contributed by atoms with van der Waals surface area (Å²) in [6.45, 7) is 0.114. The van der Waals surface area contributed by atoms with Gasteiger partial charge < -0.3 is 9.67 Å². The summed E-state index contributed by atoms with van der Waals surface area (Å²) >= 11 is 0. The zero-order valence-corrected chi connectivity index (χ0v) is 12.3. The molecule has 0 aliphatic rings. The van der Waals surface area contributed by atoms with Gasteiger partial charge in [-0.15, -0.1) is 0 Å². The fourth-order valence-electron chi connectivity index (χ4n) is 2.51. The first-order valence-electron chi connectivity index (χ1n) is 7.01. The molecule has 3 aromatic rings. The van der Waals surface area contributed by atoms with Crippen molar-refractivity contribution in [3.8, 4) is 11.4 Å². The van der Waals surface area contributed by atoms with Gasteiger partial charge in [0, 0.05) is 36.4 Å². The van der Waals surface area contributed by atoms with Crippen LogP contribution in [0.1, 0.15) is 0 Å². The van der Waals surface area contributed by atoms with E-state index in [-0.39, 0.29) is 24.5 Å². The summed E-state index contributed by atoms with van der Waals surface area (Å²) in [5.41, 5.74) is 1.56. The predicted molar refractivity (Wildman–Crippen MR) is 85.6 cm³/mol. The van der Waals surface area contributed by atoms with Crippen molar-refractivity contribution in [3.63, 3.8) is 0 Å². The summed E-state index contributed by atoms with van der Waals surface area (Å²) in [6, 6.07) is 10.1. The van der Waals surface area contributed by atoms with Gasteiger partial charge in [0.1, 0.15) is 5.82 Å². The molecule has 24 heavy (non-hydrogen) atoms. The number of aromatic nitrogens is 2. The maximum atomic E-state index is 10.9. The summed E-state index contributed by atoms with van der Waals surface area (Å²) in [5.74, 6) is 0.481. The fourth-order valence-corrected chi connectivity index (χ4v) is 2.51. The molecule has 0 saturated carbocycles. The molecule has 0 unspecified atom stereocenters. The molecular weight excluding hydrogens is 316 g/mol. The van der Waals surface area contributed by atoms with Gasteiger partial charge in [-0.05, 0) is 18.2 Å². The summed E-state index contributed by atoms with van der Waals surface area (Å²) in [6.07, 6.45) is 0. The van der Waals surface area contributed by atoms with Crippen LogP contribution in [-0.4, -0.2) is 31.1 Å². The largest absolute Gasteiger partial charge is 0.395 e. The lowest BCUT2D eigenvalue weighted by Crippen LogP contribution is -2.04. The number of nitro groups is 2. The van der Waals surface area contributed by atoms with Gasteiger partial charge in [-0.1, -0.05) is 0 Å². The molecule has 3 rings (SSSR count). The van der Waals surface area contributed by atoms with E-state index in [9.17, 15) is 25.3 Å². The van der Waals surface area contributed by atoms with Crippen LogP contribution >= 0.6 is 0 Å². The van der Waals surface area contributed by atoms with Crippen molar-refractivity contribution in [2.75, 3.05) is 6.61 Å². The molecule has 1 N–H and O–H groups in total. The van der Waals surface area contributed by atoms with Crippen LogP contribution in [0.15, 0.2) is 42.5 Å². The number of non-ortho nitro benzene ring substituents is 2. The number of hydrogen-bond donors (Lipinski definition) is 1. The first-order chi connectivity index (χ1) is 11.5. The van der Waals surface area contributed by atoms with Gasteiger partial charge in [-0.25, -0.2) is 4.98 Å². The van der Waals surface area contributed by atoms with E-state index in [0.717, 1.165) is 0 Å². The van der Waals surface area contributed by atoms with Crippen LogP contribution in [0.25, 0.3) is 22.4 Å². The number of aliphatic hydroxyl groups is 1. The lowest BCUT2D eigenvalue weighted by Gasteiger charge is -2.07. The summed E-state index contributed by atoms with van der Waals surface area (Å²) < 4.78 is 1.72. The Kier molecular flexibility index (Phi) is 3.92. The Morgan fingerprint density at radius 2 is 1.62 bits per heavy atom. The maximum absolute atomic E-state index is 10.9. The minimum atomic E-state index is -0.504. The molecule has 0 radical (unpaired) electrons. The number of nitrogens with zero attached hydrogens (tertiary/aromatic N) is 4. The van der Waals surface area contributed by atoms with E-state index < -0.39 is 9.85 Å². The molecule has 0 bridgehead atoms. The van der Waals surface area contributed by atoms with Crippen LogP contribution in [-0.2, 0) is 6.54 Å². The highest BCUT2D eigenvalue weighted by atomic mass is 16.6. The number of aliphatic hydroxyl groups excluding tert-OH is 1. The Balaban J connectivity index is 2.16.